The van der Waals surface area contributed by atoms with E-state index in [4.69, 9.17) is 0 Å². The number of carbonyl (C=O) groups is 4. The van der Waals surface area contributed by atoms with Gasteiger partial charge < -0.3 is 5.32 Å². The number of benzene rings is 2. The van der Waals surface area contributed by atoms with Gasteiger partial charge in [-0.15, -0.1) is 0 Å². The smallest absolute Gasteiger partial charge is 0.319 e. The average molecular weight is 389 g/mol. The number of hydrogen-bond donors (Lipinski definition) is 1. The van der Waals surface area contributed by atoms with E-state index >= 15 is 0 Å². The van der Waals surface area contributed by atoms with E-state index < -0.39 is 23.4 Å². The standard InChI is InChI=1S/C22H19N3O4/c26-18-15-8-2-3-9-16(15)19(27)24(18)12-13-25-20(28)22(23-21(25)29)11-5-7-14-6-1-4-10-17(14)22/h1-4,6,8-10H,5,7,11-13H2,(H,23,29)/t22-/m0/s1. The van der Waals surface area contributed by atoms with Crippen LogP contribution >= 0.6 is 0 Å². The molecular weight excluding hydrogens is 370 g/mol. The fraction of sp³-hybridized carbons (Fsp3) is 0.273. The lowest BCUT2D eigenvalue weighted by atomic mass is 9.76. The number of amides is 5. The van der Waals surface area contributed by atoms with Gasteiger partial charge in [0, 0.05) is 13.1 Å². The average Bonchev–Trinajstić information content (AvgIpc) is 3.12. The van der Waals surface area contributed by atoms with Crippen molar-refractivity contribution in [1.82, 2.24) is 15.1 Å². The molecule has 1 atom stereocenters. The number of carbonyl (C=O) groups excluding carboxylic acids is 4. The molecule has 0 aromatic heterocycles. The molecule has 7 heteroatoms. The number of hydrogen-bond acceptors (Lipinski definition) is 4. The third-order valence-corrected chi connectivity index (χ3v) is 6.08. The van der Waals surface area contributed by atoms with Crippen LogP contribution < -0.4 is 5.32 Å². The summed E-state index contributed by atoms with van der Waals surface area (Å²) in [6.45, 7) is -0.0523. The summed E-state index contributed by atoms with van der Waals surface area (Å²) >= 11 is 0. The van der Waals surface area contributed by atoms with Crippen LogP contribution in [0.15, 0.2) is 48.5 Å². The van der Waals surface area contributed by atoms with Crippen molar-refractivity contribution < 1.29 is 19.2 Å². The Kier molecular flexibility index (Phi) is 3.81. The highest BCUT2D eigenvalue weighted by molar-refractivity contribution is 6.21. The predicted molar refractivity (Wildman–Crippen MR) is 103 cm³/mol. The zero-order valence-corrected chi connectivity index (χ0v) is 15.7. The molecule has 1 fully saturated rings. The van der Waals surface area contributed by atoms with Crippen LogP contribution in [0.1, 0.15) is 44.7 Å². The van der Waals surface area contributed by atoms with Gasteiger partial charge in [0.25, 0.3) is 17.7 Å². The van der Waals surface area contributed by atoms with Crippen molar-refractivity contribution in [2.24, 2.45) is 0 Å². The summed E-state index contributed by atoms with van der Waals surface area (Å²) in [7, 11) is 0. The molecule has 1 spiro atoms. The lowest BCUT2D eigenvalue weighted by molar-refractivity contribution is -0.132. The molecule has 2 aliphatic heterocycles. The highest BCUT2D eigenvalue weighted by Crippen LogP contribution is 2.39. The normalized spacial score (nSPS) is 22.9. The summed E-state index contributed by atoms with van der Waals surface area (Å²) in [5.41, 5.74) is 1.57. The topological polar surface area (TPSA) is 86.8 Å². The van der Waals surface area contributed by atoms with Gasteiger partial charge in [0.1, 0.15) is 5.54 Å². The van der Waals surface area contributed by atoms with Crippen molar-refractivity contribution in [1.29, 1.82) is 0 Å². The molecule has 1 aliphatic carbocycles. The highest BCUT2D eigenvalue weighted by Gasteiger charge is 2.54. The van der Waals surface area contributed by atoms with Crippen LogP contribution in [0.25, 0.3) is 0 Å². The maximum atomic E-state index is 13.3. The SMILES string of the molecule is O=C1N[C@]2(CCCc3ccccc32)C(=O)N1CCN1C(=O)c2ccccc2C1=O. The van der Waals surface area contributed by atoms with Gasteiger partial charge in [0.05, 0.1) is 11.1 Å². The van der Waals surface area contributed by atoms with E-state index in [2.05, 4.69) is 5.32 Å². The van der Waals surface area contributed by atoms with Gasteiger partial charge in [-0.1, -0.05) is 36.4 Å². The molecule has 5 amide bonds. The first kappa shape index (κ1) is 17.6. The summed E-state index contributed by atoms with van der Waals surface area (Å²) < 4.78 is 0. The third kappa shape index (κ3) is 2.43. The number of rotatable bonds is 3. The van der Waals surface area contributed by atoms with Crippen LogP contribution in [0.5, 0.6) is 0 Å². The molecule has 3 aliphatic rings. The van der Waals surface area contributed by atoms with Gasteiger partial charge in [-0.3, -0.25) is 24.2 Å². The van der Waals surface area contributed by atoms with Crippen LogP contribution in [-0.4, -0.2) is 46.6 Å². The second kappa shape index (κ2) is 6.27. The van der Waals surface area contributed by atoms with Gasteiger partial charge in [-0.2, -0.15) is 0 Å². The van der Waals surface area contributed by atoms with Gasteiger partial charge in [0.15, 0.2) is 0 Å². The maximum Gasteiger partial charge on any atom is 0.325 e. The Morgan fingerprint density at radius 3 is 2.17 bits per heavy atom. The number of imide groups is 2. The van der Waals surface area contributed by atoms with E-state index in [9.17, 15) is 19.2 Å². The fourth-order valence-electron chi connectivity index (χ4n) is 4.66. The fourth-order valence-corrected chi connectivity index (χ4v) is 4.66. The van der Waals surface area contributed by atoms with Crippen molar-refractivity contribution in [3.63, 3.8) is 0 Å². The number of fused-ring (bicyclic) bond motifs is 3. The molecule has 2 heterocycles. The lowest BCUT2D eigenvalue weighted by Crippen LogP contribution is -2.47. The van der Waals surface area contributed by atoms with E-state index in [-0.39, 0.29) is 19.0 Å². The van der Waals surface area contributed by atoms with E-state index in [0.717, 1.165) is 33.8 Å². The van der Waals surface area contributed by atoms with Crippen molar-refractivity contribution in [2.45, 2.75) is 24.8 Å². The molecule has 0 radical (unpaired) electrons. The lowest BCUT2D eigenvalue weighted by Gasteiger charge is -2.33. The number of urea groups is 1. The first-order valence-corrected chi connectivity index (χ1v) is 9.71. The Morgan fingerprint density at radius 1 is 0.828 bits per heavy atom. The van der Waals surface area contributed by atoms with Crippen molar-refractivity contribution in [3.8, 4) is 0 Å². The maximum absolute atomic E-state index is 13.3. The quantitative estimate of drug-likeness (QED) is 0.643. The number of nitrogens with one attached hydrogen (secondary N) is 1. The summed E-state index contributed by atoms with van der Waals surface area (Å²) in [5.74, 6) is -1.10. The molecule has 5 rings (SSSR count). The molecule has 0 saturated carbocycles. The van der Waals surface area contributed by atoms with Crippen LogP contribution in [0.3, 0.4) is 0 Å². The summed E-state index contributed by atoms with van der Waals surface area (Å²) in [6.07, 6.45) is 2.21. The molecule has 2 aromatic carbocycles. The Morgan fingerprint density at radius 2 is 1.45 bits per heavy atom. The molecule has 1 saturated heterocycles. The molecule has 29 heavy (non-hydrogen) atoms. The van der Waals surface area contributed by atoms with Gasteiger partial charge in [-0.05, 0) is 42.5 Å². The first-order valence-electron chi connectivity index (χ1n) is 9.71. The van der Waals surface area contributed by atoms with Crippen molar-refractivity contribution in [3.05, 3.63) is 70.8 Å². The molecule has 0 unspecified atom stereocenters. The van der Waals surface area contributed by atoms with Gasteiger partial charge in [0.2, 0.25) is 0 Å². The summed E-state index contributed by atoms with van der Waals surface area (Å²) in [4.78, 5) is 53.3. The first-order chi connectivity index (χ1) is 14.0. The van der Waals surface area contributed by atoms with Gasteiger partial charge >= 0.3 is 6.03 Å². The monoisotopic (exact) mass is 389 g/mol. The zero-order valence-electron chi connectivity index (χ0n) is 15.7. The summed E-state index contributed by atoms with van der Waals surface area (Å²) in [5, 5.41) is 2.89. The largest absolute Gasteiger partial charge is 0.325 e. The van der Waals surface area contributed by atoms with E-state index in [1.165, 1.54) is 0 Å². The molecule has 7 nitrogen and oxygen atoms in total. The minimum Gasteiger partial charge on any atom is -0.319 e. The predicted octanol–water partition coefficient (Wildman–Crippen LogP) is 2.07. The van der Waals surface area contributed by atoms with E-state index in [0.29, 0.717) is 17.5 Å². The number of nitrogens with zero attached hydrogens (tertiary/aromatic N) is 2. The van der Waals surface area contributed by atoms with Gasteiger partial charge in [-0.25, -0.2) is 4.79 Å². The van der Waals surface area contributed by atoms with Crippen LogP contribution in [0.2, 0.25) is 0 Å². The Balaban J connectivity index is 1.38. The van der Waals surface area contributed by atoms with Crippen LogP contribution in [-0.2, 0) is 16.8 Å². The molecule has 1 N–H and O–H groups in total. The van der Waals surface area contributed by atoms with Crippen LogP contribution in [0, 0.1) is 0 Å². The molecule has 0 bridgehead atoms. The summed E-state index contributed by atoms with van der Waals surface area (Å²) in [6, 6.07) is 13.8. The number of aryl methyl sites for hydroxylation is 1. The molecule has 2 aromatic rings. The molecule has 146 valence electrons. The molecular formula is C22H19N3O4. The van der Waals surface area contributed by atoms with E-state index in [1.54, 1.807) is 24.3 Å². The Hall–Kier alpha value is -3.48. The van der Waals surface area contributed by atoms with E-state index in [1.807, 2.05) is 24.3 Å². The van der Waals surface area contributed by atoms with Crippen molar-refractivity contribution >= 4 is 23.8 Å². The minimum atomic E-state index is -1.05. The minimum absolute atomic E-state index is 0.0246. The third-order valence-electron chi connectivity index (χ3n) is 6.08. The Bertz CT molecular complexity index is 1040. The van der Waals surface area contributed by atoms with Crippen LogP contribution in [0.4, 0.5) is 4.79 Å². The van der Waals surface area contributed by atoms with Crippen molar-refractivity contribution in [2.75, 3.05) is 13.1 Å². The second-order valence-electron chi connectivity index (χ2n) is 7.61. The highest BCUT2D eigenvalue weighted by atomic mass is 16.2. The Labute approximate surface area is 167 Å². The second-order valence-corrected chi connectivity index (χ2v) is 7.61. The zero-order chi connectivity index (χ0) is 20.2.